The molecule has 0 spiro atoms. The summed E-state index contributed by atoms with van der Waals surface area (Å²) in [5, 5.41) is 5.98. The van der Waals surface area contributed by atoms with Gasteiger partial charge >= 0.3 is 0 Å². The summed E-state index contributed by atoms with van der Waals surface area (Å²) in [6, 6.07) is 8.35. The Morgan fingerprint density at radius 3 is 2.82 bits per heavy atom. The lowest BCUT2D eigenvalue weighted by molar-refractivity contribution is -0.122. The van der Waals surface area contributed by atoms with E-state index in [0.29, 0.717) is 12.5 Å². The van der Waals surface area contributed by atoms with Crippen molar-refractivity contribution in [3.63, 3.8) is 0 Å². The molecule has 0 saturated heterocycles. The quantitative estimate of drug-likeness (QED) is 0.754. The molecule has 1 aliphatic carbocycles. The SMILES string of the molecule is CNCCNC(=O)C1CC1c1ccccc1C. The normalized spacial score (nSPS) is 22.2. The number of hydrogen-bond donors (Lipinski definition) is 2. The Labute approximate surface area is 103 Å². The number of likely N-dealkylation sites (N-methyl/N-ethyl adjacent to an activating group) is 1. The summed E-state index contributed by atoms with van der Waals surface area (Å²) in [7, 11) is 1.89. The van der Waals surface area contributed by atoms with Crippen LogP contribution in [0.1, 0.15) is 23.5 Å². The van der Waals surface area contributed by atoms with Crippen molar-refractivity contribution in [2.24, 2.45) is 5.92 Å². The molecule has 0 aliphatic heterocycles. The van der Waals surface area contributed by atoms with E-state index in [1.807, 2.05) is 13.1 Å². The van der Waals surface area contributed by atoms with Crippen LogP contribution in [0.4, 0.5) is 0 Å². The van der Waals surface area contributed by atoms with Crippen molar-refractivity contribution in [2.45, 2.75) is 19.3 Å². The molecule has 1 saturated carbocycles. The summed E-state index contributed by atoms with van der Waals surface area (Å²) >= 11 is 0. The van der Waals surface area contributed by atoms with Crippen LogP contribution in [-0.2, 0) is 4.79 Å². The summed E-state index contributed by atoms with van der Waals surface area (Å²) in [6.45, 7) is 3.66. The Morgan fingerprint density at radius 2 is 2.12 bits per heavy atom. The molecule has 1 aromatic rings. The van der Waals surface area contributed by atoms with Crippen molar-refractivity contribution >= 4 is 5.91 Å². The van der Waals surface area contributed by atoms with Gasteiger partial charge in [-0.1, -0.05) is 24.3 Å². The molecule has 3 nitrogen and oxygen atoms in total. The highest BCUT2D eigenvalue weighted by atomic mass is 16.2. The maximum atomic E-state index is 11.8. The van der Waals surface area contributed by atoms with Crippen molar-refractivity contribution in [3.8, 4) is 0 Å². The van der Waals surface area contributed by atoms with Crippen LogP contribution in [0.3, 0.4) is 0 Å². The lowest BCUT2D eigenvalue weighted by atomic mass is 10.0. The summed E-state index contributed by atoms with van der Waals surface area (Å²) in [6.07, 6.45) is 0.996. The van der Waals surface area contributed by atoms with Gasteiger partial charge in [0, 0.05) is 19.0 Å². The van der Waals surface area contributed by atoms with Gasteiger partial charge in [0.2, 0.25) is 5.91 Å². The van der Waals surface area contributed by atoms with E-state index in [1.54, 1.807) is 0 Å². The fraction of sp³-hybridized carbons (Fsp3) is 0.500. The van der Waals surface area contributed by atoms with E-state index in [4.69, 9.17) is 0 Å². The zero-order valence-electron chi connectivity index (χ0n) is 10.5. The molecule has 1 aromatic carbocycles. The van der Waals surface area contributed by atoms with Gasteiger partial charge in [-0.2, -0.15) is 0 Å². The maximum Gasteiger partial charge on any atom is 0.223 e. The van der Waals surface area contributed by atoms with E-state index >= 15 is 0 Å². The second kappa shape index (κ2) is 5.32. The molecular formula is C14H20N2O. The number of amides is 1. The topological polar surface area (TPSA) is 41.1 Å². The molecule has 92 valence electrons. The van der Waals surface area contributed by atoms with Crippen LogP contribution in [0.15, 0.2) is 24.3 Å². The highest BCUT2D eigenvalue weighted by molar-refractivity contribution is 5.83. The van der Waals surface area contributed by atoms with E-state index in [-0.39, 0.29) is 11.8 Å². The third-order valence-electron chi connectivity index (χ3n) is 3.39. The standard InChI is InChI=1S/C14H20N2O/c1-10-5-3-4-6-11(10)12-9-13(12)14(17)16-8-7-15-2/h3-6,12-13,15H,7-9H2,1-2H3,(H,16,17). The Kier molecular flexibility index (Phi) is 3.79. The first-order chi connectivity index (χ1) is 8.24. The van der Waals surface area contributed by atoms with Gasteiger partial charge in [0.05, 0.1) is 0 Å². The maximum absolute atomic E-state index is 11.8. The van der Waals surface area contributed by atoms with Gasteiger partial charge in [-0.15, -0.1) is 0 Å². The minimum Gasteiger partial charge on any atom is -0.355 e. The van der Waals surface area contributed by atoms with E-state index < -0.39 is 0 Å². The van der Waals surface area contributed by atoms with Crippen LogP contribution < -0.4 is 10.6 Å². The van der Waals surface area contributed by atoms with Gasteiger partial charge in [0.1, 0.15) is 0 Å². The van der Waals surface area contributed by atoms with E-state index in [1.165, 1.54) is 11.1 Å². The van der Waals surface area contributed by atoms with Crippen LogP contribution in [0.25, 0.3) is 0 Å². The molecule has 2 rings (SSSR count). The second-order valence-electron chi connectivity index (χ2n) is 4.70. The average Bonchev–Trinajstić information content (AvgIpc) is 3.10. The van der Waals surface area contributed by atoms with Gasteiger partial charge < -0.3 is 10.6 Å². The molecule has 3 heteroatoms. The Bertz CT molecular complexity index is 403. The molecule has 2 N–H and O–H groups in total. The van der Waals surface area contributed by atoms with Crippen LogP contribution >= 0.6 is 0 Å². The van der Waals surface area contributed by atoms with Crippen molar-refractivity contribution in [2.75, 3.05) is 20.1 Å². The molecule has 2 unspecified atom stereocenters. The zero-order valence-corrected chi connectivity index (χ0v) is 10.5. The van der Waals surface area contributed by atoms with Gasteiger partial charge in [0.25, 0.3) is 0 Å². The van der Waals surface area contributed by atoms with Crippen molar-refractivity contribution in [3.05, 3.63) is 35.4 Å². The summed E-state index contributed by atoms with van der Waals surface area (Å²) in [5.74, 6) is 0.826. The minimum atomic E-state index is 0.188. The van der Waals surface area contributed by atoms with E-state index in [2.05, 4.69) is 35.8 Å². The first-order valence-corrected chi connectivity index (χ1v) is 6.22. The third-order valence-corrected chi connectivity index (χ3v) is 3.39. The van der Waals surface area contributed by atoms with Gasteiger partial charge in [-0.25, -0.2) is 0 Å². The highest BCUT2D eigenvalue weighted by Gasteiger charge is 2.44. The fourth-order valence-electron chi connectivity index (χ4n) is 2.27. The number of aryl methyl sites for hydroxylation is 1. The lowest BCUT2D eigenvalue weighted by Gasteiger charge is -2.06. The number of hydrogen-bond acceptors (Lipinski definition) is 2. The average molecular weight is 232 g/mol. The molecule has 1 aliphatic rings. The molecule has 17 heavy (non-hydrogen) atoms. The number of carbonyl (C=O) groups is 1. The Morgan fingerprint density at radius 1 is 1.35 bits per heavy atom. The van der Waals surface area contributed by atoms with Gasteiger partial charge in [0.15, 0.2) is 0 Å². The summed E-state index contributed by atoms with van der Waals surface area (Å²) < 4.78 is 0. The Balaban J connectivity index is 1.88. The number of rotatable bonds is 5. The number of benzene rings is 1. The first kappa shape index (κ1) is 12.1. The molecule has 0 radical (unpaired) electrons. The van der Waals surface area contributed by atoms with Crippen LogP contribution in [0.5, 0.6) is 0 Å². The third kappa shape index (κ3) is 2.86. The molecule has 0 heterocycles. The van der Waals surface area contributed by atoms with Crippen LogP contribution in [0, 0.1) is 12.8 Å². The predicted octanol–water partition coefficient (Wildman–Crippen LogP) is 1.43. The summed E-state index contributed by atoms with van der Waals surface area (Å²) in [4.78, 5) is 11.8. The highest BCUT2D eigenvalue weighted by Crippen LogP contribution is 2.48. The molecule has 0 aromatic heterocycles. The first-order valence-electron chi connectivity index (χ1n) is 6.22. The van der Waals surface area contributed by atoms with Gasteiger partial charge in [-0.05, 0) is 37.4 Å². The van der Waals surface area contributed by atoms with Crippen LogP contribution in [-0.4, -0.2) is 26.0 Å². The molecule has 2 atom stereocenters. The largest absolute Gasteiger partial charge is 0.355 e. The molecule has 1 fully saturated rings. The summed E-state index contributed by atoms with van der Waals surface area (Å²) in [5.41, 5.74) is 2.63. The minimum absolute atomic E-state index is 0.188. The number of nitrogens with one attached hydrogen (secondary N) is 2. The zero-order chi connectivity index (χ0) is 12.3. The fourth-order valence-corrected chi connectivity index (χ4v) is 2.27. The Hall–Kier alpha value is -1.35. The molecular weight excluding hydrogens is 212 g/mol. The van der Waals surface area contributed by atoms with Crippen molar-refractivity contribution in [1.82, 2.24) is 10.6 Å². The molecule has 1 amide bonds. The second-order valence-corrected chi connectivity index (χ2v) is 4.70. The molecule has 0 bridgehead atoms. The lowest BCUT2D eigenvalue weighted by Crippen LogP contribution is -2.31. The smallest absolute Gasteiger partial charge is 0.223 e. The van der Waals surface area contributed by atoms with Crippen LogP contribution in [0.2, 0.25) is 0 Å². The van der Waals surface area contributed by atoms with Crippen molar-refractivity contribution < 1.29 is 4.79 Å². The number of carbonyl (C=O) groups excluding carboxylic acids is 1. The van der Waals surface area contributed by atoms with Gasteiger partial charge in [-0.3, -0.25) is 4.79 Å². The monoisotopic (exact) mass is 232 g/mol. The van der Waals surface area contributed by atoms with Crippen molar-refractivity contribution in [1.29, 1.82) is 0 Å². The van der Waals surface area contributed by atoms with E-state index in [0.717, 1.165) is 13.0 Å². The predicted molar refractivity (Wildman–Crippen MR) is 69.0 cm³/mol. The van der Waals surface area contributed by atoms with E-state index in [9.17, 15) is 4.79 Å².